The minimum absolute atomic E-state index is 0. The van der Waals surface area contributed by atoms with Crippen LogP contribution in [0.25, 0.3) is 0 Å². The third-order valence-corrected chi connectivity index (χ3v) is 1.61. The van der Waals surface area contributed by atoms with Crippen molar-refractivity contribution in [3.05, 3.63) is 34.1 Å². The zero-order chi connectivity index (χ0) is 13.7. The van der Waals surface area contributed by atoms with Crippen LogP contribution in [0.5, 0.6) is 0 Å². The van der Waals surface area contributed by atoms with Crippen molar-refractivity contribution in [1.82, 2.24) is 29.9 Å². The fourth-order valence-electron chi connectivity index (χ4n) is 0.607. The molecule has 2 aromatic heterocycles. The molecular formula is C6Cl3F4KN6. The minimum atomic E-state index is -1.46. The molecule has 0 aliphatic rings. The molecule has 0 amide bonds. The van der Waals surface area contributed by atoms with Crippen molar-refractivity contribution in [2.45, 2.75) is 0 Å². The van der Waals surface area contributed by atoms with Crippen LogP contribution in [0.2, 0.25) is 15.9 Å². The van der Waals surface area contributed by atoms with Crippen LogP contribution >= 0.6 is 34.8 Å². The van der Waals surface area contributed by atoms with E-state index in [-0.39, 0.29) is 71.9 Å². The number of hydrogen-bond donors (Lipinski definition) is 0. The molecule has 0 saturated heterocycles. The van der Waals surface area contributed by atoms with Crippen molar-refractivity contribution in [2.24, 2.45) is 0 Å². The van der Waals surface area contributed by atoms with Crippen molar-refractivity contribution >= 4 is 34.8 Å². The Morgan fingerprint density at radius 2 is 0.750 bits per heavy atom. The first kappa shape index (κ1) is 22.5. The fourth-order valence-corrected chi connectivity index (χ4v) is 1.22. The van der Waals surface area contributed by atoms with Crippen molar-refractivity contribution in [1.29, 1.82) is 0 Å². The van der Waals surface area contributed by atoms with Crippen molar-refractivity contribution in [3.63, 3.8) is 0 Å². The summed E-state index contributed by atoms with van der Waals surface area (Å²) in [6.07, 6.45) is -4.38. The second kappa shape index (κ2) is 10.9. The molecule has 2 heterocycles. The molecule has 2 aromatic rings. The zero-order valence-electron chi connectivity index (χ0n) is 9.33. The van der Waals surface area contributed by atoms with Gasteiger partial charge in [0, 0.05) is 0 Å². The molecule has 0 aromatic carbocycles. The van der Waals surface area contributed by atoms with Crippen LogP contribution in [-0.4, -0.2) is 29.9 Å². The summed E-state index contributed by atoms with van der Waals surface area (Å²) >= 11 is 16.0. The van der Waals surface area contributed by atoms with Gasteiger partial charge in [0.05, 0.1) is 0 Å². The Kier molecular flexibility index (Phi) is 12.3. The van der Waals surface area contributed by atoms with Crippen LogP contribution in [0.4, 0.5) is 13.2 Å². The quantitative estimate of drug-likeness (QED) is 0.345. The van der Waals surface area contributed by atoms with Crippen LogP contribution in [0.15, 0.2) is 0 Å². The van der Waals surface area contributed by atoms with Gasteiger partial charge in [-0.15, -0.1) is 0 Å². The molecule has 6 nitrogen and oxygen atoms in total. The predicted octanol–water partition coefficient (Wildman–Crippen LogP) is -3.87. The van der Waals surface area contributed by atoms with Gasteiger partial charge in [0.2, 0.25) is 15.9 Å². The summed E-state index contributed by atoms with van der Waals surface area (Å²) in [4.78, 5) is 17.7. The van der Waals surface area contributed by atoms with E-state index >= 15 is 0 Å². The number of nitrogens with zero attached hydrogens (tertiary/aromatic N) is 6. The van der Waals surface area contributed by atoms with E-state index in [9.17, 15) is 13.2 Å². The van der Waals surface area contributed by atoms with Crippen LogP contribution < -0.4 is 56.1 Å². The topological polar surface area (TPSA) is 77.3 Å². The third-order valence-electron chi connectivity index (χ3n) is 1.11. The smallest absolute Gasteiger partial charge is 1.00 e. The standard InChI is InChI=1S/C3Cl3N3.C3F3N3.FH.K/c2*4-1-7-2(5)9-3(6)8-1;;/h;;1H;/q;;;+1/p-1. The molecule has 0 N–H and O–H groups in total. The maximum absolute atomic E-state index is 11.7. The Balaban J connectivity index is 0. The van der Waals surface area contributed by atoms with Gasteiger partial charge in [-0.25, -0.2) is 0 Å². The molecule has 0 aliphatic heterocycles. The fraction of sp³-hybridized carbons (Fsp3) is 0. The van der Waals surface area contributed by atoms with E-state index in [0.717, 1.165) is 0 Å². The van der Waals surface area contributed by atoms with E-state index in [0.29, 0.717) is 0 Å². The normalized spacial score (nSPS) is 8.70. The largest absolute Gasteiger partial charge is 1.00 e. The summed E-state index contributed by atoms with van der Waals surface area (Å²) < 4.78 is 35.1. The molecule has 104 valence electrons. The Bertz CT molecular complexity index is 414. The van der Waals surface area contributed by atoms with Crippen molar-refractivity contribution in [2.75, 3.05) is 0 Å². The molecule has 0 spiro atoms. The van der Waals surface area contributed by atoms with E-state index in [1.807, 2.05) is 0 Å². The molecule has 0 saturated carbocycles. The molecule has 0 fully saturated rings. The third kappa shape index (κ3) is 9.23. The zero-order valence-corrected chi connectivity index (χ0v) is 14.7. The molecule has 14 heteroatoms. The summed E-state index contributed by atoms with van der Waals surface area (Å²) in [5.41, 5.74) is 0. The molecular weight excluding hydrogens is 378 g/mol. The minimum Gasteiger partial charge on any atom is -1.00 e. The monoisotopic (exact) mass is 376 g/mol. The Morgan fingerprint density at radius 3 is 0.950 bits per heavy atom. The van der Waals surface area contributed by atoms with E-state index in [4.69, 9.17) is 34.8 Å². The maximum Gasteiger partial charge on any atom is 1.00 e. The van der Waals surface area contributed by atoms with Gasteiger partial charge in [-0.2, -0.15) is 43.1 Å². The van der Waals surface area contributed by atoms with Gasteiger partial charge in [0.25, 0.3) is 0 Å². The van der Waals surface area contributed by atoms with E-state index < -0.39 is 18.2 Å². The number of halogens is 7. The summed E-state index contributed by atoms with van der Waals surface area (Å²) in [5, 5.41) is 0.00000000000000178. The summed E-state index contributed by atoms with van der Waals surface area (Å²) in [5.74, 6) is 0. The number of aromatic nitrogens is 6. The predicted molar refractivity (Wildman–Crippen MR) is 54.6 cm³/mol. The van der Waals surface area contributed by atoms with E-state index in [1.54, 1.807) is 0 Å². The van der Waals surface area contributed by atoms with Gasteiger partial charge in [-0.3, -0.25) is 0 Å². The molecule has 0 aliphatic carbocycles. The summed E-state index contributed by atoms with van der Waals surface area (Å²) in [6, 6.07) is 0. The second-order valence-electron chi connectivity index (χ2n) is 2.29. The molecule has 0 atom stereocenters. The summed E-state index contributed by atoms with van der Waals surface area (Å²) in [7, 11) is 0. The molecule has 0 radical (unpaired) electrons. The van der Waals surface area contributed by atoms with Crippen LogP contribution in [0, 0.1) is 18.2 Å². The number of rotatable bonds is 0. The molecule has 20 heavy (non-hydrogen) atoms. The van der Waals surface area contributed by atoms with Gasteiger partial charge >= 0.3 is 69.6 Å². The van der Waals surface area contributed by atoms with Gasteiger partial charge in [0.15, 0.2) is 0 Å². The van der Waals surface area contributed by atoms with Crippen LogP contribution in [0.1, 0.15) is 0 Å². The molecule has 0 unspecified atom stereocenters. The first-order chi connectivity index (χ1) is 8.36. The average Bonchev–Trinajstić information content (AvgIpc) is 2.12. The van der Waals surface area contributed by atoms with Gasteiger partial charge in [-0.05, 0) is 34.8 Å². The molecule has 0 bridgehead atoms. The van der Waals surface area contributed by atoms with Crippen molar-refractivity contribution in [3.8, 4) is 0 Å². The van der Waals surface area contributed by atoms with Crippen LogP contribution in [-0.2, 0) is 0 Å². The van der Waals surface area contributed by atoms with E-state index in [2.05, 4.69) is 29.9 Å². The summed E-state index contributed by atoms with van der Waals surface area (Å²) in [6.45, 7) is 0. The van der Waals surface area contributed by atoms with Gasteiger partial charge in [-0.1, -0.05) is 0 Å². The average molecular weight is 378 g/mol. The molecule has 2 rings (SSSR count). The Labute approximate surface area is 166 Å². The van der Waals surface area contributed by atoms with Gasteiger partial charge < -0.3 is 4.70 Å². The first-order valence-electron chi connectivity index (χ1n) is 3.82. The maximum atomic E-state index is 11.7. The van der Waals surface area contributed by atoms with E-state index in [1.165, 1.54) is 0 Å². The van der Waals surface area contributed by atoms with Gasteiger partial charge in [0.1, 0.15) is 0 Å². The number of hydrogen-bond acceptors (Lipinski definition) is 6. The second-order valence-corrected chi connectivity index (χ2v) is 3.30. The Hall–Kier alpha value is 0.246. The van der Waals surface area contributed by atoms with Crippen molar-refractivity contribution < 1.29 is 69.3 Å². The van der Waals surface area contributed by atoms with Crippen LogP contribution in [0.3, 0.4) is 0 Å². The first-order valence-corrected chi connectivity index (χ1v) is 4.95. The Morgan fingerprint density at radius 1 is 0.550 bits per heavy atom. The SMILES string of the molecule is Clc1nc(Cl)nc(Cl)n1.Fc1nc(F)nc(F)n1.[F-].[K+].